The summed E-state index contributed by atoms with van der Waals surface area (Å²) in [6.07, 6.45) is 1.64. The summed E-state index contributed by atoms with van der Waals surface area (Å²) in [6, 6.07) is 11.5. The quantitative estimate of drug-likeness (QED) is 0.287. The number of non-ortho nitro benzene ring substituents is 1. The van der Waals surface area contributed by atoms with Crippen LogP contribution in [0.3, 0.4) is 0 Å². The summed E-state index contributed by atoms with van der Waals surface area (Å²) in [4.78, 5) is 28.8. The van der Waals surface area contributed by atoms with Crippen molar-refractivity contribution in [3.63, 3.8) is 0 Å². The Hall–Kier alpha value is -3.49. The monoisotopic (exact) mass is 451 g/mol. The Morgan fingerprint density at radius 1 is 1.16 bits per heavy atom. The normalized spacial score (nSPS) is 12.3. The van der Waals surface area contributed by atoms with Gasteiger partial charge in [0.2, 0.25) is 0 Å². The highest BCUT2D eigenvalue weighted by Gasteiger charge is 2.15. The van der Waals surface area contributed by atoms with E-state index < -0.39 is 4.92 Å². The van der Waals surface area contributed by atoms with Gasteiger partial charge in [0.05, 0.1) is 21.0 Å². The number of aryl methyl sites for hydroxylation is 2. The first-order valence-electron chi connectivity index (χ1n) is 9.30. The Labute approximate surface area is 184 Å². The molecule has 0 spiro atoms. The number of nitro benzene ring substituents is 1. The molecular formula is C22H14ClN3O4S. The molecule has 2 aromatic carbocycles. The first kappa shape index (κ1) is 19.5. The van der Waals surface area contributed by atoms with Gasteiger partial charge in [-0.1, -0.05) is 22.9 Å². The molecule has 0 saturated carbocycles. The van der Waals surface area contributed by atoms with E-state index in [4.69, 9.17) is 16.0 Å². The van der Waals surface area contributed by atoms with Gasteiger partial charge in [-0.3, -0.25) is 14.9 Å². The molecule has 5 aromatic rings. The SMILES string of the molecule is Cc1cc2nc3sc(=Cc4ccc(-c5cc([N+](=O)[O-])ccc5Cl)o4)c(=O)n3c2cc1C. The second-order valence-electron chi connectivity index (χ2n) is 7.19. The van der Waals surface area contributed by atoms with Crippen LogP contribution in [0.1, 0.15) is 16.9 Å². The number of furan rings is 1. The van der Waals surface area contributed by atoms with Gasteiger partial charge in [0, 0.05) is 23.8 Å². The van der Waals surface area contributed by atoms with Gasteiger partial charge in [0.25, 0.3) is 11.2 Å². The maximum Gasteiger partial charge on any atom is 0.275 e. The van der Waals surface area contributed by atoms with Crippen LogP contribution in [0.2, 0.25) is 5.02 Å². The number of fused-ring (bicyclic) bond motifs is 3. The largest absolute Gasteiger partial charge is 0.457 e. The highest BCUT2D eigenvalue weighted by atomic mass is 35.5. The van der Waals surface area contributed by atoms with Crippen molar-refractivity contribution in [3.05, 3.63) is 89.4 Å². The van der Waals surface area contributed by atoms with Crippen LogP contribution in [-0.4, -0.2) is 14.3 Å². The van der Waals surface area contributed by atoms with Crippen molar-refractivity contribution in [1.29, 1.82) is 0 Å². The van der Waals surface area contributed by atoms with E-state index in [0.29, 0.717) is 31.6 Å². The summed E-state index contributed by atoms with van der Waals surface area (Å²) in [7, 11) is 0. The van der Waals surface area contributed by atoms with Crippen molar-refractivity contribution in [3.8, 4) is 11.3 Å². The molecule has 0 N–H and O–H groups in total. The molecule has 9 heteroatoms. The number of hydrogen-bond acceptors (Lipinski definition) is 6. The highest BCUT2D eigenvalue weighted by Crippen LogP contribution is 2.32. The van der Waals surface area contributed by atoms with Crippen molar-refractivity contribution >= 4 is 50.7 Å². The number of rotatable bonds is 3. The number of halogens is 1. The Bertz CT molecular complexity index is 1630. The van der Waals surface area contributed by atoms with E-state index in [1.165, 1.54) is 29.5 Å². The molecular weight excluding hydrogens is 438 g/mol. The van der Waals surface area contributed by atoms with Crippen LogP contribution in [0.25, 0.3) is 33.4 Å². The zero-order valence-electron chi connectivity index (χ0n) is 16.4. The molecule has 3 heterocycles. The molecule has 0 aliphatic heterocycles. The van der Waals surface area contributed by atoms with Crippen LogP contribution in [0, 0.1) is 24.0 Å². The fourth-order valence-corrected chi connectivity index (χ4v) is 4.62. The molecule has 0 bridgehead atoms. The lowest BCUT2D eigenvalue weighted by atomic mass is 10.1. The van der Waals surface area contributed by atoms with Crippen LogP contribution >= 0.6 is 22.9 Å². The minimum absolute atomic E-state index is 0.0833. The van der Waals surface area contributed by atoms with Gasteiger partial charge in [-0.25, -0.2) is 9.38 Å². The van der Waals surface area contributed by atoms with Gasteiger partial charge in [-0.15, -0.1) is 0 Å². The molecule has 0 saturated heterocycles. The van der Waals surface area contributed by atoms with E-state index in [2.05, 4.69) is 4.98 Å². The van der Waals surface area contributed by atoms with Gasteiger partial charge >= 0.3 is 0 Å². The number of thiazole rings is 1. The Balaban J connectivity index is 1.61. The maximum absolute atomic E-state index is 13.0. The van der Waals surface area contributed by atoms with Crippen molar-refractivity contribution in [1.82, 2.24) is 9.38 Å². The number of nitro groups is 1. The summed E-state index contributed by atoms with van der Waals surface area (Å²) in [6.45, 7) is 4.02. The number of hydrogen-bond donors (Lipinski definition) is 0. The topological polar surface area (TPSA) is 90.7 Å². The summed E-state index contributed by atoms with van der Waals surface area (Å²) < 4.78 is 7.91. The number of nitrogens with zero attached hydrogens (tertiary/aromatic N) is 3. The van der Waals surface area contributed by atoms with E-state index in [0.717, 1.165) is 22.2 Å². The number of benzene rings is 2. The molecule has 0 atom stereocenters. The third-order valence-electron chi connectivity index (χ3n) is 5.18. The average Bonchev–Trinajstić information content (AvgIpc) is 3.39. The second-order valence-corrected chi connectivity index (χ2v) is 8.61. The van der Waals surface area contributed by atoms with E-state index in [1.807, 2.05) is 26.0 Å². The smallest absolute Gasteiger partial charge is 0.275 e. The fourth-order valence-electron chi connectivity index (χ4n) is 3.44. The molecule has 7 nitrogen and oxygen atoms in total. The van der Waals surface area contributed by atoms with Crippen molar-refractivity contribution < 1.29 is 9.34 Å². The van der Waals surface area contributed by atoms with Gasteiger partial charge in [0.15, 0.2) is 4.96 Å². The van der Waals surface area contributed by atoms with E-state index in [-0.39, 0.29) is 11.2 Å². The Morgan fingerprint density at radius 3 is 2.71 bits per heavy atom. The molecule has 154 valence electrons. The van der Waals surface area contributed by atoms with Gasteiger partial charge in [-0.2, -0.15) is 0 Å². The lowest BCUT2D eigenvalue weighted by Gasteiger charge is -2.00. The minimum atomic E-state index is -0.492. The van der Waals surface area contributed by atoms with E-state index in [1.54, 1.807) is 22.6 Å². The van der Waals surface area contributed by atoms with Crippen LogP contribution in [0.5, 0.6) is 0 Å². The van der Waals surface area contributed by atoms with Gasteiger partial charge in [-0.05, 0) is 55.3 Å². The predicted octanol–water partition coefficient (Wildman–Crippen LogP) is 4.90. The summed E-state index contributed by atoms with van der Waals surface area (Å²) >= 11 is 7.48. The highest BCUT2D eigenvalue weighted by molar-refractivity contribution is 7.15. The third kappa shape index (κ3) is 3.20. The fraction of sp³-hybridized carbons (Fsp3) is 0.0909. The van der Waals surface area contributed by atoms with Crippen molar-refractivity contribution in [2.24, 2.45) is 0 Å². The van der Waals surface area contributed by atoms with Gasteiger partial charge < -0.3 is 4.42 Å². The molecule has 0 aliphatic carbocycles. The van der Waals surface area contributed by atoms with Crippen LogP contribution < -0.4 is 10.1 Å². The first-order valence-corrected chi connectivity index (χ1v) is 10.5. The third-order valence-corrected chi connectivity index (χ3v) is 6.48. The second kappa shape index (κ2) is 7.04. The Kier molecular flexibility index (Phi) is 4.42. The van der Waals surface area contributed by atoms with Crippen LogP contribution in [0.15, 0.2) is 51.7 Å². The van der Waals surface area contributed by atoms with Crippen LogP contribution in [0.4, 0.5) is 5.69 Å². The van der Waals surface area contributed by atoms with Crippen molar-refractivity contribution in [2.45, 2.75) is 13.8 Å². The van der Waals surface area contributed by atoms with E-state index in [9.17, 15) is 14.9 Å². The summed E-state index contributed by atoms with van der Waals surface area (Å²) in [5.41, 5.74) is 3.95. The lowest BCUT2D eigenvalue weighted by molar-refractivity contribution is -0.384. The van der Waals surface area contributed by atoms with E-state index >= 15 is 0 Å². The number of aromatic nitrogens is 2. The molecule has 0 unspecified atom stereocenters. The zero-order chi connectivity index (χ0) is 21.9. The first-order chi connectivity index (χ1) is 14.8. The standard InChI is InChI=1S/C22H14ClN3O4S/c1-11-7-17-18(8-12(11)2)25-21(27)20(31-22(25)24-17)10-14-4-6-19(30-14)15-9-13(26(28)29)3-5-16(15)23/h3-10H,1-2H3. The molecule has 0 fully saturated rings. The predicted molar refractivity (Wildman–Crippen MR) is 121 cm³/mol. The Morgan fingerprint density at radius 2 is 1.94 bits per heavy atom. The number of imidazole rings is 1. The average molecular weight is 452 g/mol. The lowest BCUT2D eigenvalue weighted by Crippen LogP contribution is -2.22. The molecule has 0 amide bonds. The minimum Gasteiger partial charge on any atom is -0.457 e. The maximum atomic E-state index is 13.0. The zero-order valence-corrected chi connectivity index (χ0v) is 18.0. The van der Waals surface area contributed by atoms with Crippen LogP contribution in [-0.2, 0) is 0 Å². The summed E-state index contributed by atoms with van der Waals surface area (Å²) in [5.74, 6) is 0.820. The van der Waals surface area contributed by atoms with Crippen molar-refractivity contribution in [2.75, 3.05) is 0 Å². The molecule has 0 aliphatic rings. The van der Waals surface area contributed by atoms with Gasteiger partial charge in [0.1, 0.15) is 16.1 Å². The molecule has 31 heavy (non-hydrogen) atoms. The summed E-state index contributed by atoms with van der Waals surface area (Å²) in [5, 5.41) is 11.4. The molecule has 0 radical (unpaired) electrons. The molecule has 3 aromatic heterocycles. The molecule has 5 rings (SSSR count).